The first-order chi connectivity index (χ1) is 9.15. The average Bonchev–Trinajstić information content (AvgIpc) is 2.40. The fraction of sp³-hybridized carbons (Fsp3) is 0.500. The number of carbonyl (C=O) groups is 1. The molecule has 0 aliphatic rings. The van der Waals surface area contributed by atoms with Gasteiger partial charge in [-0.05, 0) is 12.5 Å². The minimum atomic E-state index is -0.272. The number of rotatable bonds is 8. The SMILES string of the molecule is COCCOCCCNC(=O)c1cc(Cl)ncc1Cl. The first-order valence-electron chi connectivity index (χ1n) is 5.81. The van der Waals surface area contributed by atoms with E-state index in [1.165, 1.54) is 12.3 Å². The summed E-state index contributed by atoms with van der Waals surface area (Å²) < 4.78 is 10.1. The molecule has 0 radical (unpaired) electrons. The van der Waals surface area contributed by atoms with Gasteiger partial charge in [-0.3, -0.25) is 4.79 Å². The van der Waals surface area contributed by atoms with Crippen LogP contribution in [-0.2, 0) is 9.47 Å². The first-order valence-corrected chi connectivity index (χ1v) is 6.56. The number of carbonyl (C=O) groups excluding carboxylic acids is 1. The fourth-order valence-electron chi connectivity index (χ4n) is 1.30. The van der Waals surface area contributed by atoms with Crippen LogP contribution in [0.3, 0.4) is 0 Å². The molecule has 0 aromatic carbocycles. The number of pyridine rings is 1. The topological polar surface area (TPSA) is 60.5 Å². The van der Waals surface area contributed by atoms with Crippen LogP contribution in [0, 0.1) is 0 Å². The van der Waals surface area contributed by atoms with Crippen LogP contribution in [0.2, 0.25) is 10.2 Å². The minimum absolute atomic E-state index is 0.234. The van der Waals surface area contributed by atoms with Crippen molar-refractivity contribution in [3.8, 4) is 0 Å². The highest BCUT2D eigenvalue weighted by molar-refractivity contribution is 6.35. The maximum absolute atomic E-state index is 11.8. The first kappa shape index (κ1) is 16.2. The Hall–Kier alpha value is -0.880. The van der Waals surface area contributed by atoms with Gasteiger partial charge in [0.25, 0.3) is 5.91 Å². The van der Waals surface area contributed by atoms with Crippen LogP contribution in [0.1, 0.15) is 16.8 Å². The molecular formula is C12H16Cl2N2O3. The third-order valence-electron chi connectivity index (χ3n) is 2.25. The monoisotopic (exact) mass is 306 g/mol. The molecule has 1 rings (SSSR count). The smallest absolute Gasteiger partial charge is 0.252 e. The van der Waals surface area contributed by atoms with Gasteiger partial charge in [0.15, 0.2) is 0 Å². The van der Waals surface area contributed by atoms with Gasteiger partial charge in [-0.15, -0.1) is 0 Å². The number of nitrogens with one attached hydrogen (secondary N) is 1. The summed E-state index contributed by atoms with van der Waals surface area (Å²) in [5.74, 6) is -0.272. The molecule has 0 aliphatic heterocycles. The van der Waals surface area contributed by atoms with Gasteiger partial charge in [0.2, 0.25) is 0 Å². The lowest BCUT2D eigenvalue weighted by Gasteiger charge is -2.07. The van der Waals surface area contributed by atoms with E-state index < -0.39 is 0 Å². The van der Waals surface area contributed by atoms with Crippen LogP contribution in [-0.4, -0.2) is 44.4 Å². The molecule has 1 N–H and O–H groups in total. The Morgan fingerprint density at radius 2 is 2.16 bits per heavy atom. The van der Waals surface area contributed by atoms with Gasteiger partial charge in [0, 0.05) is 26.5 Å². The second-order valence-electron chi connectivity index (χ2n) is 3.70. The number of hydrogen-bond acceptors (Lipinski definition) is 4. The molecular weight excluding hydrogens is 291 g/mol. The molecule has 0 fully saturated rings. The molecule has 106 valence electrons. The molecule has 0 aliphatic carbocycles. The maximum atomic E-state index is 11.8. The van der Waals surface area contributed by atoms with Gasteiger partial charge in [0.05, 0.1) is 23.8 Å². The number of amides is 1. The predicted molar refractivity (Wildman–Crippen MR) is 73.9 cm³/mol. The Balaban J connectivity index is 2.26. The number of ether oxygens (including phenoxy) is 2. The molecule has 7 heteroatoms. The zero-order chi connectivity index (χ0) is 14.1. The lowest BCUT2D eigenvalue weighted by atomic mass is 10.2. The Morgan fingerprint density at radius 1 is 1.37 bits per heavy atom. The van der Waals surface area contributed by atoms with Crippen LogP contribution in [0.25, 0.3) is 0 Å². The van der Waals surface area contributed by atoms with Crippen LogP contribution in [0.5, 0.6) is 0 Å². The normalized spacial score (nSPS) is 10.5. The molecule has 0 atom stereocenters. The van der Waals surface area contributed by atoms with Crippen molar-refractivity contribution in [2.45, 2.75) is 6.42 Å². The molecule has 1 aromatic rings. The van der Waals surface area contributed by atoms with E-state index in [9.17, 15) is 4.79 Å². The van der Waals surface area contributed by atoms with E-state index in [4.69, 9.17) is 32.7 Å². The summed E-state index contributed by atoms with van der Waals surface area (Å²) in [6.45, 7) is 2.18. The zero-order valence-electron chi connectivity index (χ0n) is 10.6. The molecule has 1 aromatic heterocycles. The Bertz CT molecular complexity index is 416. The van der Waals surface area contributed by atoms with Crippen molar-refractivity contribution in [3.05, 3.63) is 28.0 Å². The van der Waals surface area contributed by atoms with Crippen molar-refractivity contribution < 1.29 is 14.3 Å². The van der Waals surface area contributed by atoms with Crippen molar-refractivity contribution in [2.75, 3.05) is 33.5 Å². The highest BCUT2D eigenvalue weighted by Gasteiger charge is 2.10. The number of hydrogen-bond donors (Lipinski definition) is 1. The van der Waals surface area contributed by atoms with Gasteiger partial charge >= 0.3 is 0 Å². The summed E-state index contributed by atoms with van der Waals surface area (Å²) in [6.07, 6.45) is 2.07. The van der Waals surface area contributed by atoms with Gasteiger partial charge in [-0.25, -0.2) is 4.98 Å². The third-order valence-corrected chi connectivity index (χ3v) is 2.76. The summed E-state index contributed by atoms with van der Waals surface area (Å²) in [7, 11) is 1.62. The quantitative estimate of drug-likeness (QED) is 0.591. The molecule has 19 heavy (non-hydrogen) atoms. The van der Waals surface area contributed by atoms with Gasteiger partial charge in [-0.1, -0.05) is 23.2 Å². The Kier molecular flexibility index (Phi) is 7.74. The lowest BCUT2D eigenvalue weighted by molar-refractivity contribution is 0.0688. The van der Waals surface area contributed by atoms with E-state index in [2.05, 4.69) is 10.3 Å². The van der Waals surface area contributed by atoms with Crippen LogP contribution in [0.15, 0.2) is 12.3 Å². The largest absolute Gasteiger partial charge is 0.382 e. The van der Waals surface area contributed by atoms with Crippen LogP contribution >= 0.6 is 23.2 Å². The molecule has 0 saturated heterocycles. The molecule has 0 saturated carbocycles. The van der Waals surface area contributed by atoms with Crippen molar-refractivity contribution in [1.29, 1.82) is 0 Å². The van der Waals surface area contributed by atoms with Crippen LogP contribution < -0.4 is 5.32 Å². The van der Waals surface area contributed by atoms with Crippen molar-refractivity contribution in [3.63, 3.8) is 0 Å². The highest BCUT2D eigenvalue weighted by Crippen LogP contribution is 2.17. The zero-order valence-corrected chi connectivity index (χ0v) is 12.1. The maximum Gasteiger partial charge on any atom is 0.252 e. The standard InChI is InChI=1S/C12H16Cl2N2O3/c1-18-5-6-19-4-2-3-15-12(17)9-7-11(14)16-8-10(9)13/h7-8H,2-6H2,1H3,(H,15,17). The van der Waals surface area contributed by atoms with E-state index in [1.54, 1.807) is 7.11 Å². The molecule has 0 unspecified atom stereocenters. The second kappa shape index (κ2) is 9.09. The van der Waals surface area contributed by atoms with Crippen molar-refractivity contribution in [2.24, 2.45) is 0 Å². The average molecular weight is 307 g/mol. The van der Waals surface area contributed by atoms with Gasteiger partial charge in [-0.2, -0.15) is 0 Å². The third kappa shape index (κ3) is 6.20. The number of methoxy groups -OCH3 is 1. The molecule has 0 spiro atoms. The fourth-order valence-corrected chi connectivity index (χ4v) is 1.65. The number of aromatic nitrogens is 1. The molecule has 5 nitrogen and oxygen atoms in total. The highest BCUT2D eigenvalue weighted by atomic mass is 35.5. The second-order valence-corrected chi connectivity index (χ2v) is 4.50. The summed E-state index contributed by atoms with van der Waals surface area (Å²) in [6, 6.07) is 1.44. The van der Waals surface area contributed by atoms with Crippen LogP contribution in [0.4, 0.5) is 0 Å². The van der Waals surface area contributed by atoms with E-state index in [1.807, 2.05) is 0 Å². The Labute approximate surface area is 122 Å². The number of nitrogens with zero attached hydrogens (tertiary/aromatic N) is 1. The van der Waals surface area contributed by atoms with Crippen molar-refractivity contribution in [1.82, 2.24) is 10.3 Å². The summed E-state index contributed by atoms with van der Waals surface area (Å²) in [4.78, 5) is 15.6. The molecule has 1 amide bonds. The van der Waals surface area contributed by atoms with Gasteiger partial charge < -0.3 is 14.8 Å². The predicted octanol–water partition coefficient (Wildman–Crippen LogP) is 2.17. The minimum Gasteiger partial charge on any atom is -0.382 e. The van der Waals surface area contributed by atoms with Gasteiger partial charge in [0.1, 0.15) is 5.15 Å². The summed E-state index contributed by atoms with van der Waals surface area (Å²) >= 11 is 11.6. The Morgan fingerprint density at radius 3 is 2.89 bits per heavy atom. The van der Waals surface area contributed by atoms with Crippen molar-refractivity contribution >= 4 is 29.1 Å². The molecule has 1 heterocycles. The lowest BCUT2D eigenvalue weighted by Crippen LogP contribution is -2.25. The summed E-state index contributed by atoms with van der Waals surface area (Å²) in [5.41, 5.74) is 0.321. The summed E-state index contributed by atoms with van der Waals surface area (Å²) in [5, 5.41) is 3.25. The van der Waals surface area contributed by atoms with E-state index in [-0.39, 0.29) is 16.1 Å². The van der Waals surface area contributed by atoms with E-state index in [0.717, 1.165) is 0 Å². The molecule has 0 bridgehead atoms. The van der Waals surface area contributed by atoms with E-state index >= 15 is 0 Å². The van der Waals surface area contributed by atoms with E-state index in [0.29, 0.717) is 38.3 Å². The number of halogens is 2.